The van der Waals surface area contributed by atoms with Crippen LogP contribution in [0.25, 0.3) is 0 Å². The van der Waals surface area contributed by atoms with E-state index in [4.69, 9.17) is 4.74 Å². The van der Waals surface area contributed by atoms with Crippen LogP contribution in [0.3, 0.4) is 0 Å². The second-order valence-electron chi connectivity index (χ2n) is 3.59. The molecule has 0 radical (unpaired) electrons. The lowest BCUT2D eigenvalue weighted by molar-refractivity contribution is -0.116. The van der Waals surface area contributed by atoms with Gasteiger partial charge >= 0.3 is 0 Å². The molecule has 0 aromatic carbocycles. The van der Waals surface area contributed by atoms with E-state index >= 15 is 0 Å². The molecule has 0 bridgehead atoms. The molecular weight excluding hydrogens is 194 g/mol. The summed E-state index contributed by atoms with van der Waals surface area (Å²) < 4.78 is 4.89. The van der Waals surface area contributed by atoms with Gasteiger partial charge in [0.1, 0.15) is 0 Å². The van der Waals surface area contributed by atoms with Crippen LogP contribution in [0.2, 0.25) is 0 Å². The van der Waals surface area contributed by atoms with Crippen molar-refractivity contribution in [1.29, 1.82) is 0 Å². The summed E-state index contributed by atoms with van der Waals surface area (Å²) in [5.74, 6) is 1.06. The van der Waals surface area contributed by atoms with E-state index in [1.165, 1.54) is 19.5 Å². The lowest BCUT2D eigenvalue weighted by Crippen LogP contribution is -2.15. The van der Waals surface area contributed by atoms with Crippen LogP contribution in [-0.4, -0.2) is 23.0 Å². The van der Waals surface area contributed by atoms with E-state index in [2.05, 4.69) is 15.3 Å². The highest BCUT2D eigenvalue weighted by atomic mass is 16.5. The molecule has 0 aliphatic heterocycles. The number of carbonyl (C=O) groups excluding carboxylic acids is 1. The summed E-state index contributed by atoms with van der Waals surface area (Å²) in [5.41, 5.74) is 0. The van der Waals surface area contributed by atoms with Gasteiger partial charge in [0.15, 0.2) is 5.82 Å². The Balaban J connectivity index is 2.60. The molecule has 0 saturated heterocycles. The monoisotopic (exact) mass is 209 g/mol. The largest absolute Gasteiger partial charge is 0.480 e. The first-order chi connectivity index (χ1) is 7.11. The van der Waals surface area contributed by atoms with E-state index in [1.54, 1.807) is 0 Å². The summed E-state index contributed by atoms with van der Waals surface area (Å²) in [6.45, 7) is 3.97. The third-order valence-electron chi connectivity index (χ3n) is 1.68. The number of amides is 1. The molecular formula is C10H15N3O2. The molecule has 0 aliphatic rings. The van der Waals surface area contributed by atoms with Crippen molar-refractivity contribution in [2.45, 2.75) is 20.3 Å². The van der Waals surface area contributed by atoms with Gasteiger partial charge in [-0.1, -0.05) is 13.8 Å². The van der Waals surface area contributed by atoms with E-state index in [0.717, 1.165) is 0 Å². The predicted molar refractivity (Wildman–Crippen MR) is 56.7 cm³/mol. The number of nitrogens with one attached hydrogen (secondary N) is 1. The minimum Gasteiger partial charge on any atom is -0.480 e. The van der Waals surface area contributed by atoms with E-state index in [9.17, 15) is 4.79 Å². The molecule has 0 unspecified atom stereocenters. The summed E-state index contributed by atoms with van der Waals surface area (Å²) in [4.78, 5) is 19.3. The molecule has 1 aromatic heterocycles. The average Bonchev–Trinajstić information content (AvgIpc) is 2.16. The summed E-state index contributed by atoms with van der Waals surface area (Å²) >= 11 is 0. The fourth-order valence-electron chi connectivity index (χ4n) is 1.07. The van der Waals surface area contributed by atoms with Crippen molar-refractivity contribution >= 4 is 11.7 Å². The Kier molecular flexibility index (Phi) is 4.03. The first-order valence-electron chi connectivity index (χ1n) is 4.77. The van der Waals surface area contributed by atoms with Gasteiger partial charge in [-0.2, -0.15) is 4.98 Å². The first kappa shape index (κ1) is 11.4. The molecule has 5 nitrogen and oxygen atoms in total. The molecule has 1 rings (SSSR count). The van der Waals surface area contributed by atoms with Gasteiger partial charge in [0.05, 0.1) is 19.5 Å². The highest BCUT2D eigenvalue weighted by Gasteiger charge is 2.06. The number of hydrogen-bond donors (Lipinski definition) is 1. The molecule has 0 saturated carbocycles. The number of anilines is 1. The smallest absolute Gasteiger partial charge is 0.233 e. The molecule has 0 aliphatic carbocycles. The molecule has 15 heavy (non-hydrogen) atoms. The maximum absolute atomic E-state index is 11.4. The third kappa shape index (κ3) is 3.93. The normalized spacial score (nSPS) is 10.1. The highest BCUT2D eigenvalue weighted by molar-refractivity contribution is 5.89. The zero-order chi connectivity index (χ0) is 11.3. The standard InChI is InChI=1S/C10H15N3O2/c1-7(2)4-9(14)12-8-5-11-6-10(13-8)15-3/h5-7H,4H2,1-3H3,(H,12,13,14). The van der Waals surface area contributed by atoms with Crippen LogP contribution >= 0.6 is 0 Å². The van der Waals surface area contributed by atoms with Gasteiger partial charge in [-0.25, -0.2) is 0 Å². The van der Waals surface area contributed by atoms with Gasteiger partial charge in [0.2, 0.25) is 11.8 Å². The van der Waals surface area contributed by atoms with Gasteiger partial charge in [-0.15, -0.1) is 0 Å². The van der Waals surface area contributed by atoms with Crippen LogP contribution in [-0.2, 0) is 4.79 Å². The number of aromatic nitrogens is 2. The minimum absolute atomic E-state index is 0.0625. The van der Waals surface area contributed by atoms with E-state index in [0.29, 0.717) is 24.0 Å². The minimum atomic E-state index is -0.0625. The molecule has 0 spiro atoms. The van der Waals surface area contributed by atoms with Gasteiger partial charge in [0.25, 0.3) is 0 Å². The molecule has 1 N–H and O–H groups in total. The summed E-state index contributed by atoms with van der Waals surface area (Å²) in [6.07, 6.45) is 3.44. The number of hydrogen-bond acceptors (Lipinski definition) is 4. The number of rotatable bonds is 4. The molecule has 0 atom stereocenters. The second-order valence-corrected chi connectivity index (χ2v) is 3.59. The maximum atomic E-state index is 11.4. The highest BCUT2D eigenvalue weighted by Crippen LogP contribution is 2.09. The van der Waals surface area contributed by atoms with Crippen molar-refractivity contribution in [2.75, 3.05) is 12.4 Å². The van der Waals surface area contributed by atoms with Crippen LogP contribution < -0.4 is 10.1 Å². The van der Waals surface area contributed by atoms with Crippen LogP contribution in [0.15, 0.2) is 12.4 Å². The SMILES string of the molecule is COc1cncc(NC(=O)CC(C)C)n1. The Morgan fingerprint density at radius 1 is 1.53 bits per heavy atom. The number of carbonyl (C=O) groups is 1. The quantitative estimate of drug-likeness (QED) is 0.815. The van der Waals surface area contributed by atoms with Crippen LogP contribution in [0.5, 0.6) is 5.88 Å². The lowest BCUT2D eigenvalue weighted by Gasteiger charge is -2.06. The predicted octanol–water partition coefficient (Wildman–Crippen LogP) is 1.47. The van der Waals surface area contributed by atoms with Gasteiger partial charge in [0, 0.05) is 6.42 Å². The number of nitrogens with zero attached hydrogens (tertiary/aromatic N) is 2. The van der Waals surface area contributed by atoms with Crippen molar-refractivity contribution < 1.29 is 9.53 Å². The van der Waals surface area contributed by atoms with Gasteiger partial charge < -0.3 is 10.1 Å². The molecule has 1 amide bonds. The van der Waals surface area contributed by atoms with Crippen molar-refractivity contribution in [3.05, 3.63) is 12.4 Å². The van der Waals surface area contributed by atoms with Gasteiger partial charge in [-0.3, -0.25) is 9.78 Å². The fraction of sp³-hybridized carbons (Fsp3) is 0.500. The molecule has 1 aromatic rings. The van der Waals surface area contributed by atoms with E-state index in [-0.39, 0.29) is 5.91 Å². The van der Waals surface area contributed by atoms with Crippen molar-refractivity contribution in [1.82, 2.24) is 9.97 Å². The fourth-order valence-corrected chi connectivity index (χ4v) is 1.07. The van der Waals surface area contributed by atoms with Crippen molar-refractivity contribution in [2.24, 2.45) is 5.92 Å². The van der Waals surface area contributed by atoms with Crippen LogP contribution in [0, 0.1) is 5.92 Å². The van der Waals surface area contributed by atoms with E-state index in [1.807, 2.05) is 13.8 Å². The number of methoxy groups -OCH3 is 1. The summed E-state index contributed by atoms with van der Waals surface area (Å²) in [5, 5.41) is 2.66. The zero-order valence-electron chi connectivity index (χ0n) is 9.15. The van der Waals surface area contributed by atoms with Crippen LogP contribution in [0.1, 0.15) is 20.3 Å². The topological polar surface area (TPSA) is 64.1 Å². The lowest BCUT2D eigenvalue weighted by atomic mass is 10.1. The van der Waals surface area contributed by atoms with Crippen molar-refractivity contribution in [3.8, 4) is 5.88 Å². The Bertz CT molecular complexity index is 339. The second kappa shape index (κ2) is 5.29. The first-order valence-corrected chi connectivity index (χ1v) is 4.77. The third-order valence-corrected chi connectivity index (χ3v) is 1.68. The summed E-state index contributed by atoms with van der Waals surface area (Å²) in [7, 11) is 1.50. The van der Waals surface area contributed by atoms with E-state index < -0.39 is 0 Å². The molecule has 0 fully saturated rings. The van der Waals surface area contributed by atoms with Gasteiger partial charge in [-0.05, 0) is 5.92 Å². The molecule has 5 heteroatoms. The van der Waals surface area contributed by atoms with Crippen LogP contribution in [0.4, 0.5) is 5.82 Å². The Morgan fingerprint density at radius 2 is 2.27 bits per heavy atom. The van der Waals surface area contributed by atoms with Crippen molar-refractivity contribution in [3.63, 3.8) is 0 Å². The average molecular weight is 209 g/mol. The Morgan fingerprint density at radius 3 is 2.87 bits per heavy atom. The zero-order valence-corrected chi connectivity index (χ0v) is 9.15. The molecule has 82 valence electrons. The number of ether oxygens (including phenoxy) is 1. The maximum Gasteiger partial charge on any atom is 0.233 e. The Labute approximate surface area is 88.9 Å². The molecule has 1 heterocycles. The Hall–Kier alpha value is -1.65. The summed E-state index contributed by atoms with van der Waals surface area (Å²) in [6, 6.07) is 0.